The number of nitrogens with one attached hydrogen (secondary N) is 2. The van der Waals surface area contributed by atoms with Crippen LogP contribution in [0.5, 0.6) is 0 Å². The van der Waals surface area contributed by atoms with Crippen molar-refractivity contribution in [3.8, 4) is 6.07 Å². The molecule has 92 valence electrons. The Morgan fingerprint density at radius 1 is 1.38 bits per heavy atom. The molecule has 0 atom stereocenters. The van der Waals surface area contributed by atoms with Crippen molar-refractivity contribution in [3.05, 3.63) is 0 Å². The Morgan fingerprint density at radius 2 is 2.19 bits per heavy atom. The number of hydrogen-bond acceptors (Lipinski definition) is 5. The van der Waals surface area contributed by atoms with Crippen molar-refractivity contribution in [1.82, 2.24) is 10.6 Å². The first-order chi connectivity index (χ1) is 7.81. The van der Waals surface area contributed by atoms with Gasteiger partial charge in [0.2, 0.25) is 5.91 Å². The highest BCUT2D eigenvalue weighted by Crippen LogP contribution is 1.80. The second-order valence-electron chi connectivity index (χ2n) is 3.12. The molecular formula is C10H19N3O3. The third-order valence-corrected chi connectivity index (χ3v) is 1.72. The molecule has 0 aliphatic carbocycles. The molecular weight excluding hydrogens is 210 g/mol. The smallest absolute Gasteiger partial charge is 0.233 e. The first kappa shape index (κ1) is 14.8. The molecule has 16 heavy (non-hydrogen) atoms. The van der Waals surface area contributed by atoms with E-state index >= 15 is 0 Å². The van der Waals surface area contributed by atoms with Crippen LogP contribution >= 0.6 is 0 Å². The normalized spacial score (nSPS) is 9.75. The maximum absolute atomic E-state index is 11.1. The number of nitriles is 1. The Labute approximate surface area is 95.6 Å². The number of nitrogens with zero attached hydrogens (tertiary/aromatic N) is 1. The zero-order chi connectivity index (χ0) is 12.1. The van der Waals surface area contributed by atoms with E-state index in [1.807, 2.05) is 6.07 Å². The zero-order valence-electron chi connectivity index (χ0n) is 9.37. The van der Waals surface area contributed by atoms with Gasteiger partial charge in [-0.1, -0.05) is 0 Å². The van der Waals surface area contributed by atoms with Crippen molar-refractivity contribution < 1.29 is 14.6 Å². The Hall–Kier alpha value is -1.16. The summed E-state index contributed by atoms with van der Waals surface area (Å²) in [5, 5.41) is 22.2. The van der Waals surface area contributed by atoms with E-state index in [2.05, 4.69) is 10.6 Å². The minimum atomic E-state index is -0.105. The molecule has 0 aliphatic rings. The predicted octanol–water partition coefficient (Wildman–Crippen LogP) is -0.995. The molecule has 0 saturated heterocycles. The molecule has 0 heterocycles. The fourth-order valence-corrected chi connectivity index (χ4v) is 0.988. The maximum atomic E-state index is 11.1. The van der Waals surface area contributed by atoms with Gasteiger partial charge in [0.25, 0.3) is 0 Å². The summed E-state index contributed by atoms with van der Waals surface area (Å²) < 4.78 is 5.04. The number of ether oxygens (including phenoxy) is 1. The third-order valence-electron chi connectivity index (χ3n) is 1.72. The van der Waals surface area contributed by atoms with Gasteiger partial charge in [0, 0.05) is 13.2 Å². The lowest BCUT2D eigenvalue weighted by Crippen LogP contribution is -2.34. The van der Waals surface area contributed by atoms with E-state index in [1.54, 1.807) is 0 Å². The second-order valence-corrected chi connectivity index (χ2v) is 3.12. The van der Waals surface area contributed by atoms with Gasteiger partial charge in [0.05, 0.1) is 32.2 Å². The Kier molecular flexibility index (Phi) is 11.0. The van der Waals surface area contributed by atoms with E-state index in [0.717, 1.165) is 6.42 Å². The summed E-state index contributed by atoms with van der Waals surface area (Å²) in [5.41, 5.74) is 0. The molecule has 0 radical (unpaired) electrons. The topological polar surface area (TPSA) is 94.4 Å². The highest BCUT2D eigenvalue weighted by atomic mass is 16.5. The van der Waals surface area contributed by atoms with Crippen LogP contribution in [0.15, 0.2) is 0 Å². The lowest BCUT2D eigenvalue weighted by molar-refractivity contribution is -0.120. The monoisotopic (exact) mass is 229 g/mol. The van der Waals surface area contributed by atoms with Gasteiger partial charge < -0.3 is 20.5 Å². The van der Waals surface area contributed by atoms with Crippen LogP contribution in [0.1, 0.15) is 12.8 Å². The molecule has 0 unspecified atom stereocenters. The first-order valence-electron chi connectivity index (χ1n) is 5.34. The van der Waals surface area contributed by atoms with Crippen LogP contribution in [-0.2, 0) is 9.53 Å². The quantitative estimate of drug-likeness (QED) is 0.418. The molecule has 1 amide bonds. The molecule has 0 aromatic heterocycles. The standard InChI is InChI=1S/C10H19N3O3/c11-3-1-5-13-10(15)9-12-4-2-7-16-8-6-14/h12,14H,1-2,4-9H2,(H,13,15). The molecule has 0 bridgehead atoms. The van der Waals surface area contributed by atoms with Crippen LogP contribution in [0.25, 0.3) is 0 Å². The van der Waals surface area contributed by atoms with Gasteiger partial charge >= 0.3 is 0 Å². The van der Waals surface area contributed by atoms with Crippen LogP contribution in [0, 0.1) is 11.3 Å². The Balaban J connectivity index is 3.12. The van der Waals surface area contributed by atoms with Crippen LogP contribution in [-0.4, -0.2) is 50.5 Å². The largest absolute Gasteiger partial charge is 0.394 e. The van der Waals surface area contributed by atoms with E-state index in [4.69, 9.17) is 15.1 Å². The lowest BCUT2D eigenvalue weighted by atomic mass is 10.4. The van der Waals surface area contributed by atoms with Gasteiger partial charge in [-0.25, -0.2) is 0 Å². The van der Waals surface area contributed by atoms with Crippen molar-refractivity contribution in [2.75, 3.05) is 39.5 Å². The molecule has 0 aromatic rings. The Bertz CT molecular complexity index is 216. The van der Waals surface area contributed by atoms with E-state index in [9.17, 15) is 4.79 Å². The Morgan fingerprint density at radius 3 is 2.88 bits per heavy atom. The minimum absolute atomic E-state index is 0.0364. The third kappa shape index (κ3) is 10.9. The molecule has 0 aliphatic heterocycles. The van der Waals surface area contributed by atoms with Crippen molar-refractivity contribution in [2.24, 2.45) is 0 Å². The van der Waals surface area contributed by atoms with E-state index < -0.39 is 0 Å². The summed E-state index contributed by atoms with van der Waals surface area (Å²) in [4.78, 5) is 11.1. The fraction of sp³-hybridized carbons (Fsp3) is 0.800. The van der Waals surface area contributed by atoms with Gasteiger partial charge in [-0.2, -0.15) is 5.26 Å². The average Bonchev–Trinajstić information content (AvgIpc) is 2.28. The number of aliphatic hydroxyl groups is 1. The zero-order valence-corrected chi connectivity index (χ0v) is 9.37. The molecule has 0 saturated carbocycles. The summed E-state index contributed by atoms with van der Waals surface area (Å²) in [6.07, 6.45) is 1.13. The fourth-order valence-electron chi connectivity index (χ4n) is 0.988. The van der Waals surface area contributed by atoms with Crippen molar-refractivity contribution in [2.45, 2.75) is 12.8 Å². The van der Waals surface area contributed by atoms with E-state index in [1.165, 1.54) is 0 Å². The number of carbonyl (C=O) groups excluding carboxylic acids is 1. The molecule has 0 aromatic carbocycles. The number of hydrogen-bond donors (Lipinski definition) is 3. The van der Waals surface area contributed by atoms with Crippen LogP contribution in [0.3, 0.4) is 0 Å². The van der Waals surface area contributed by atoms with E-state index in [-0.39, 0.29) is 19.1 Å². The summed E-state index contributed by atoms with van der Waals surface area (Å²) in [5.74, 6) is -0.105. The molecule has 6 heteroatoms. The minimum Gasteiger partial charge on any atom is -0.394 e. The summed E-state index contributed by atoms with van der Waals surface area (Å²) in [6.45, 7) is 2.31. The highest BCUT2D eigenvalue weighted by Gasteiger charge is 1.98. The number of amides is 1. The molecule has 6 nitrogen and oxygen atoms in total. The second kappa shape index (κ2) is 11.9. The van der Waals surface area contributed by atoms with Gasteiger partial charge in [-0.05, 0) is 13.0 Å². The van der Waals surface area contributed by atoms with Crippen molar-refractivity contribution in [3.63, 3.8) is 0 Å². The van der Waals surface area contributed by atoms with Gasteiger partial charge in [0.15, 0.2) is 0 Å². The highest BCUT2D eigenvalue weighted by molar-refractivity contribution is 5.77. The van der Waals surface area contributed by atoms with Crippen LogP contribution in [0.4, 0.5) is 0 Å². The summed E-state index contributed by atoms with van der Waals surface area (Å²) >= 11 is 0. The van der Waals surface area contributed by atoms with Crippen molar-refractivity contribution in [1.29, 1.82) is 5.26 Å². The average molecular weight is 229 g/mol. The van der Waals surface area contributed by atoms with E-state index in [0.29, 0.717) is 32.7 Å². The summed E-state index contributed by atoms with van der Waals surface area (Å²) in [7, 11) is 0. The van der Waals surface area contributed by atoms with Crippen LogP contribution < -0.4 is 10.6 Å². The molecule has 0 spiro atoms. The van der Waals surface area contributed by atoms with Crippen LogP contribution in [0.2, 0.25) is 0 Å². The van der Waals surface area contributed by atoms with Crippen molar-refractivity contribution >= 4 is 5.91 Å². The number of rotatable bonds is 10. The molecule has 3 N–H and O–H groups in total. The SMILES string of the molecule is N#CCCNC(=O)CNCCCOCCO. The van der Waals surface area contributed by atoms with Gasteiger partial charge in [-0.15, -0.1) is 0 Å². The molecule has 0 rings (SSSR count). The predicted molar refractivity (Wildman–Crippen MR) is 58.6 cm³/mol. The molecule has 0 fully saturated rings. The number of carbonyl (C=O) groups is 1. The van der Waals surface area contributed by atoms with Gasteiger partial charge in [-0.3, -0.25) is 4.79 Å². The summed E-state index contributed by atoms with van der Waals surface area (Å²) in [6, 6.07) is 1.95. The lowest BCUT2D eigenvalue weighted by Gasteiger charge is -2.05. The first-order valence-corrected chi connectivity index (χ1v) is 5.34. The maximum Gasteiger partial charge on any atom is 0.233 e. The van der Waals surface area contributed by atoms with Gasteiger partial charge in [0.1, 0.15) is 0 Å². The number of aliphatic hydroxyl groups excluding tert-OH is 1.